The molecule has 1 saturated heterocycles. The molecule has 0 amide bonds. The summed E-state index contributed by atoms with van der Waals surface area (Å²) in [6, 6.07) is 4.15. The highest BCUT2D eigenvalue weighted by Crippen LogP contribution is 2.31. The van der Waals surface area contributed by atoms with Crippen molar-refractivity contribution >= 4 is 0 Å². The Balaban J connectivity index is 2.13. The molecule has 1 aromatic heterocycles. The number of hydrogen-bond acceptors (Lipinski definition) is 4. The molecule has 2 heterocycles. The second-order valence-corrected chi connectivity index (χ2v) is 5.49. The van der Waals surface area contributed by atoms with E-state index in [9.17, 15) is 0 Å². The maximum Gasteiger partial charge on any atom is 0.0513 e. The zero-order valence-corrected chi connectivity index (χ0v) is 12.0. The number of pyridine rings is 1. The molecule has 0 spiro atoms. The van der Waals surface area contributed by atoms with Gasteiger partial charge >= 0.3 is 0 Å². The molecule has 1 aliphatic rings. The smallest absolute Gasteiger partial charge is 0.0513 e. The first-order valence-corrected chi connectivity index (χ1v) is 7.12. The molecule has 4 nitrogen and oxygen atoms in total. The SMILES string of the molecule is CCN(Cc1ccncc1)C(C)(CN)C1CCOC1. The molecule has 2 N–H and O–H groups in total. The minimum atomic E-state index is 0.00845. The van der Waals surface area contributed by atoms with Gasteiger partial charge < -0.3 is 10.5 Å². The quantitative estimate of drug-likeness (QED) is 0.848. The lowest BCUT2D eigenvalue weighted by Gasteiger charge is -2.44. The first-order valence-electron chi connectivity index (χ1n) is 7.12. The van der Waals surface area contributed by atoms with E-state index in [1.807, 2.05) is 12.4 Å². The van der Waals surface area contributed by atoms with Crippen molar-refractivity contribution in [2.24, 2.45) is 11.7 Å². The van der Waals surface area contributed by atoms with Gasteiger partial charge in [0.2, 0.25) is 0 Å². The van der Waals surface area contributed by atoms with Crippen LogP contribution < -0.4 is 5.73 Å². The molecule has 2 unspecified atom stereocenters. The van der Waals surface area contributed by atoms with E-state index in [4.69, 9.17) is 10.5 Å². The van der Waals surface area contributed by atoms with Crippen molar-refractivity contribution in [2.75, 3.05) is 26.3 Å². The first kappa shape index (κ1) is 14.4. The van der Waals surface area contributed by atoms with Crippen molar-refractivity contribution in [2.45, 2.75) is 32.4 Å². The third-order valence-electron chi connectivity index (χ3n) is 4.45. The van der Waals surface area contributed by atoms with Crippen LogP contribution >= 0.6 is 0 Å². The number of rotatable bonds is 6. The van der Waals surface area contributed by atoms with E-state index in [0.717, 1.165) is 32.7 Å². The van der Waals surface area contributed by atoms with Crippen molar-refractivity contribution in [1.82, 2.24) is 9.88 Å². The predicted octanol–water partition coefficient (Wildman–Crippen LogP) is 1.66. The lowest BCUT2D eigenvalue weighted by atomic mass is 9.83. The Labute approximate surface area is 116 Å². The maximum atomic E-state index is 6.11. The zero-order chi connectivity index (χ0) is 13.7. The van der Waals surface area contributed by atoms with Gasteiger partial charge in [-0.3, -0.25) is 9.88 Å². The Hall–Kier alpha value is -0.970. The van der Waals surface area contributed by atoms with Gasteiger partial charge in [0.05, 0.1) is 6.61 Å². The first-order chi connectivity index (χ1) is 9.20. The normalized spacial score (nSPS) is 22.6. The van der Waals surface area contributed by atoms with Gasteiger partial charge in [-0.25, -0.2) is 0 Å². The summed E-state index contributed by atoms with van der Waals surface area (Å²) in [7, 11) is 0. The molecule has 0 radical (unpaired) electrons. The molecule has 106 valence electrons. The fourth-order valence-corrected chi connectivity index (χ4v) is 2.94. The van der Waals surface area contributed by atoms with Gasteiger partial charge in [-0.1, -0.05) is 6.92 Å². The molecule has 4 heteroatoms. The third-order valence-corrected chi connectivity index (χ3v) is 4.45. The highest BCUT2D eigenvalue weighted by molar-refractivity contribution is 5.11. The molecular weight excluding hydrogens is 238 g/mol. The molecule has 2 atom stereocenters. The number of nitrogens with two attached hydrogens (primary N) is 1. The number of ether oxygens (including phenoxy) is 1. The summed E-state index contributed by atoms with van der Waals surface area (Å²) in [6.07, 6.45) is 4.81. The van der Waals surface area contributed by atoms with E-state index < -0.39 is 0 Å². The summed E-state index contributed by atoms with van der Waals surface area (Å²) in [5.41, 5.74) is 7.40. The molecule has 1 fully saturated rings. The van der Waals surface area contributed by atoms with Crippen LogP contribution in [0.15, 0.2) is 24.5 Å². The number of aromatic nitrogens is 1. The molecule has 0 aliphatic carbocycles. The largest absolute Gasteiger partial charge is 0.381 e. The van der Waals surface area contributed by atoms with Crippen LogP contribution in [0.4, 0.5) is 0 Å². The predicted molar refractivity (Wildman–Crippen MR) is 76.7 cm³/mol. The molecular formula is C15H25N3O. The molecule has 1 aromatic rings. The van der Waals surface area contributed by atoms with Crippen LogP contribution in [-0.4, -0.2) is 41.7 Å². The van der Waals surface area contributed by atoms with Crippen LogP contribution in [0.5, 0.6) is 0 Å². The standard InChI is InChI=1S/C15H25N3O/c1-3-18(10-13-4-7-17-8-5-13)15(2,12-16)14-6-9-19-11-14/h4-5,7-8,14H,3,6,9-12,16H2,1-2H3. The minimum Gasteiger partial charge on any atom is -0.381 e. The van der Waals surface area contributed by atoms with Crippen LogP contribution in [0.2, 0.25) is 0 Å². The Morgan fingerprint density at radius 3 is 2.74 bits per heavy atom. The number of likely N-dealkylation sites (N-methyl/N-ethyl adjacent to an activating group) is 1. The Kier molecular flexibility index (Phi) is 4.91. The zero-order valence-electron chi connectivity index (χ0n) is 12.0. The van der Waals surface area contributed by atoms with E-state index >= 15 is 0 Å². The summed E-state index contributed by atoms with van der Waals surface area (Å²) < 4.78 is 5.56. The van der Waals surface area contributed by atoms with E-state index in [-0.39, 0.29) is 5.54 Å². The lowest BCUT2D eigenvalue weighted by molar-refractivity contribution is 0.0428. The van der Waals surface area contributed by atoms with E-state index in [1.165, 1.54) is 5.56 Å². The Bertz CT molecular complexity index is 378. The fourth-order valence-electron chi connectivity index (χ4n) is 2.94. The Morgan fingerprint density at radius 2 is 2.21 bits per heavy atom. The third kappa shape index (κ3) is 3.14. The van der Waals surface area contributed by atoms with Crippen LogP contribution in [-0.2, 0) is 11.3 Å². The average molecular weight is 263 g/mol. The van der Waals surface area contributed by atoms with Crippen molar-refractivity contribution < 1.29 is 4.74 Å². The van der Waals surface area contributed by atoms with E-state index in [1.54, 1.807) is 0 Å². The monoisotopic (exact) mass is 263 g/mol. The minimum absolute atomic E-state index is 0.00845. The van der Waals surface area contributed by atoms with E-state index in [2.05, 4.69) is 35.9 Å². The molecule has 0 bridgehead atoms. The molecule has 2 rings (SSSR count). The van der Waals surface area contributed by atoms with Crippen molar-refractivity contribution in [3.63, 3.8) is 0 Å². The van der Waals surface area contributed by atoms with Gasteiger partial charge in [0, 0.05) is 43.5 Å². The fraction of sp³-hybridized carbons (Fsp3) is 0.667. The van der Waals surface area contributed by atoms with Crippen LogP contribution in [0.1, 0.15) is 25.8 Å². The topological polar surface area (TPSA) is 51.4 Å². The molecule has 0 saturated carbocycles. The molecule has 0 aromatic carbocycles. The highest BCUT2D eigenvalue weighted by Gasteiger charge is 2.39. The summed E-state index contributed by atoms with van der Waals surface area (Å²) in [5, 5.41) is 0. The Morgan fingerprint density at radius 1 is 1.47 bits per heavy atom. The van der Waals surface area contributed by atoms with Gasteiger partial charge in [0.25, 0.3) is 0 Å². The van der Waals surface area contributed by atoms with Gasteiger partial charge in [0.15, 0.2) is 0 Å². The highest BCUT2D eigenvalue weighted by atomic mass is 16.5. The summed E-state index contributed by atoms with van der Waals surface area (Å²) in [6.45, 7) is 8.76. The van der Waals surface area contributed by atoms with Gasteiger partial charge in [-0.2, -0.15) is 0 Å². The summed E-state index contributed by atoms with van der Waals surface area (Å²) >= 11 is 0. The second kappa shape index (κ2) is 6.46. The van der Waals surface area contributed by atoms with Gasteiger partial charge in [-0.15, -0.1) is 0 Å². The molecule has 1 aliphatic heterocycles. The van der Waals surface area contributed by atoms with Crippen LogP contribution in [0, 0.1) is 5.92 Å². The molecule has 19 heavy (non-hydrogen) atoms. The van der Waals surface area contributed by atoms with Gasteiger partial charge in [0.1, 0.15) is 0 Å². The lowest BCUT2D eigenvalue weighted by Crippen LogP contribution is -2.56. The van der Waals surface area contributed by atoms with Crippen LogP contribution in [0.25, 0.3) is 0 Å². The number of nitrogens with zero attached hydrogens (tertiary/aromatic N) is 2. The van der Waals surface area contributed by atoms with Crippen molar-refractivity contribution in [3.8, 4) is 0 Å². The maximum absolute atomic E-state index is 6.11. The second-order valence-electron chi connectivity index (χ2n) is 5.49. The average Bonchev–Trinajstić information content (AvgIpc) is 3.00. The van der Waals surface area contributed by atoms with Crippen LogP contribution in [0.3, 0.4) is 0 Å². The van der Waals surface area contributed by atoms with Crippen molar-refractivity contribution in [3.05, 3.63) is 30.1 Å². The van der Waals surface area contributed by atoms with Gasteiger partial charge in [-0.05, 0) is 37.6 Å². The van der Waals surface area contributed by atoms with E-state index in [0.29, 0.717) is 12.5 Å². The summed E-state index contributed by atoms with van der Waals surface area (Å²) in [5.74, 6) is 0.527. The number of hydrogen-bond donors (Lipinski definition) is 1. The van der Waals surface area contributed by atoms with Crippen molar-refractivity contribution in [1.29, 1.82) is 0 Å². The summed E-state index contributed by atoms with van der Waals surface area (Å²) in [4.78, 5) is 6.55.